The average Bonchev–Trinajstić information content (AvgIpc) is 2.68. The number of ether oxygens (including phenoxy) is 1. The predicted octanol–water partition coefficient (Wildman–Crippen LogP) is 5.91. The summed E-state index contributed by atoms with van der Waals surface area (Å²) < 4.78 is 5.78. The van der Waals surface area contributed by atoms with E-state index in [0.29, 0.717) is 23.5 Å². The molecule has 5 heteroatoms. The first-order chi connectivity index (χ1) is 14.2. The van der Waals surface area contributed by atoms with Gasteiger partial charge in [0.25, 0.3) is 5.91 Å². The van der Waals surface area contributed by atoms with Crippen LogP contribution in [0.5, 0.6) is 5.75 Å². The van der Waals surface area contributed by atoms with E-state index in [0.717, 1.165) is 19.3 Å². The van der Waals surface area contributed by atoms with Crippen molar-refractivity contribution in [3.05, 3.63) is 54.1 Å². The zero-order valence-corrected chi connectivity index (χ0v) is 18.7. The smallest absolute Gasteiger partial charge is 0.265 e. The van der Waals surface area contributed by atoms with Crippen LogP contribution in [0.4, 0.5) is 11.4 Å². The molecule has 0 fully saturated rings. The van der Waals surface area contributed by atoms with Gasteiger partial charge >= 0.3 is 0 Å². The molecule has 5 nitrogen and oxygen atoms in total. The highest BCUT2D eigenvalue weighted by Crippen LogP contribution is 2.25. The van der Waals surface area contributed by atoms with E-state index in [4.69, 9.17) is 4.74 Å². The molecule has 0 radical (unpaired) electrons. The SMILES string of the molecule is CCCCCC(=O)Nc1cccc(NC(=O)C(C)Oc2ccc(C(C)(C)C)cc2)c1. The van der Waals surface area contributed by atoms with Gasteiger partial charge in [-0.15, -0.1) is 0 Å². The molecule has 0 aromatic heterocycles. The fourth-order valence-corrected chi connectivity index (χ4v) is 2.97. The summed E-state index contributed by atoms with van der Waals surface area (Å²) in [6.07, 6.45) is 2.85. The lowest BCUT2D eigenvalue weighted by Gasteiger charge is -2.20. The highest BCUT2D eigenvalue weighted by Gasteiger charge is 2.17. The van der Waals surface area contributed by atoms with Gasteiger partial charge in [0.05, 0.1) is 0 Å². The Labute approximate surface area is 180 Å². The molecule has 1 unspecified atom stereocenters. The molecule has 0 saturated heterocycles. The van der Waals surface area contributed by atoms with Crippen molar-refractivity contribution >= 4 is 23.2 Å². The monoisotopic (exact) mass is 410 g/mol. The van der Waals surface area contributed by atoms with Crippen LogP contribution in [0.15, 0.2) is 48.5 Å². The molecule has 162 valence electrons. The molecule has 0 aliphatic heterocycles. The lowest BCUT2D eigenvalue weighted by atomic mass is 9.87. The number of benzene rings is 2. The molecule has 2 amide bonds. The Morgan fingerprint density at radius 1 is 0.967 bits per heavy atom. The Balaban J connectivity index is 1.91. The van der Waals surface area contributed by atoms with Crippen molar-refractivity contribution in [3.8, 4) is 5.75 Å². The van der Waals surface area contributed by atoms with E-state index >= 15 is 0 Å². The predicted molar refractivity (Wildman–Crippen MR) is 123 cm³/mol. The van der Waals surface area contributed by atoms with Crippen LogP contribution in [0.3, 0.4) is 0 Å². The molecule has 0 aliphatic rings. The fourth-order valence-electron chi connectivity index (χ4n) is 2.97. The summed E-state index contributed by atoms with van der Waals surface area (Å²) in [5.74, 6) is 0.391. The molecule has 0 bridgehead atoms. The van der Waals surface area contributed by atoms with Crippen LogP contribution < -0.4 is 15.4 Å². The Morgan fingerprint density at radius 3 is 2.20 bits per heavy atom. The van der Waals surface area contributed by atoms with Crippen LogP contribution in [0.25, 0.3) is 0 Å². The quantitative estimate of drug-likeness (QED) is 0.505. The Kier molecular flexibility index (Phi) is 8.46. The normalized spacial score (nSPS) is 12.2. The highest BCUT2D eigenvalue weighted by atomic mass is 16.5. The highest BCUT2D eigenvalue weighted by molar-refractivity contribution is 5.96. The van der Waals surface area contributed by atoms with Gasteiger partial charge in [0.1, 0.15) is 5.75 Å². The van der Waals surface area contributed by atoms with Crippen molar-refractivity contribution in [1.82, 2.24) is 0 Å². The molecule has 2 aromatic carbocycles. The largest absolute Gasteiger partial charge is 0.481 e. The number of hydrogen-bond donors (Lipinski definition) is 2. The lowest BCUT2D eigenvalue weighted by molar-refractivity contribution is -0.122. The second-order valence-electron chi connectivity index (χ2n) is 8.61. The summed E-state index contributed by atoms with van der Waals surface area (Å²) in [5.41, 5.74) is 2.56. The van der Waals surface area contributed by atoms with Gasteiger partial charge in [0, 0.05) is 17.8 Å². The van der Waals surface area contributed by atoms with Crippen molar-refractivity contribution in [3.63, 3.8) is 0 Å². The minimum absolute atomic E-state index is 0.0117. The van der Waals surface area contributed by atoms with Crippen molar-refractivity contribution in [2.75, 3.05) is 10.6 Å². The number of unbranched alkanes of at least 4 members (excludes halogenated alkanes) is 2. The standard InChI is InChI=1S/C25H34N2O3/c1-6-7-8-12-23(28)26-20-10-9-11-21(17-20)27-24(29)18(2)30-22-15-13-19(14-16-22)25(3,4)5/h9-11,13-18H,6-8,12H2,1-5H3,(H,26,28)(H,27,29). The summed E-state index contributed by atoms with van der Waals surface area (Å²) in [6.45, 7) is 10.3. The molecule has 2 N–H and O–H groups in total. The number of nitrogens with one attached hydrogen (secondary N) is 2. The van der Waals surface area contributed by atoms with E-state index in [1.54, 1.807) is 25.1 Å². The Bertz CT molecular complexity index is 838. The molecule has 0 saturated carbocycles. The van der Waals surface area contributed by atoms with Crippen LogP contribution in [0.2, 0.25) is 0 Å². The van der Waals surface area contributed by atoms with Crippen LogP contribution in [0, 0.1) is 0 Å². The second kappa shape index (κ2) is 10.8. The van der Waals surface area contributed by atoms with Crippen molar-refractivity contribution < 1.29 is 14.3 Å². The van der Waals surface area contributed by atoms with Gasteiger partial charge in [0.15, 0.2) is 6.10 Å². The molecule has 0 aliphatic carbocycles. The van der Waals surface area contributed by atoms with Crippen LogP contribution in [-0.4, -0.2) is 17.9 Å². The van der Waals surface area contributed by atoms with Crippen LogP contribution >= 0.6 is 0 Å². The molecule has 0 spiro atoms. The molecule has 30 heavy (non-hydrogen) atoms. The van der Waals surface area contributed by atoms with E-state index in [2.05, 4.69) is 38.3 Å². The molecule has 2 rings (SSSR count). The van der Waals surface area contributed by atoms with Gasteiger partial charge in [0.2, 0.25) is 5.91 Å². The van der Waals surface area contributed by atoms with Gasteiger partial charge in [-0.05, 0) is 54.7 Å². The topological polar surface area (TPSA) is 67.4 Å². The first kappa shape index (κ1) is 23.5. The van der Waals surface area contributed by atoms with E-state index in [9.17, 15) is 9.59 Å². The van der Waals surface area contributed by atoms with E-state index in [1.165, 1.54) is 5.56 Å². The van der Waals surface area contributed by atoms with Crippen LogP contribution in [-0.2, 0) is 15.0 Å². The third-order valence-corrected chi connectivity index (χ3v) is 4.82. The first-order valence-electron chi connectivity index (χ1n) is 10.7. The number of amides is 2. The number of carbonyl (C=O) groups is 2. The third kappa shape index (κ3) is 7.54. The van der Waals surface area contributed by atoms with Gasteiger partial charge in [-0.1, -0.05) is 58.7 Å². The molecule has 1 atom stereocenters. The van der Waals surface area contributed by atoms with Gasteiger partial charge in [-0.2, -0.15) is 0 Å². The van der Waals surface area contributed by atoms with Crippen molar-refractivity contribution in [2.24, 2.45) is 0 Å². The van der Waals surface area contributed by atoms with E-state index in [1.807, 2.05) is 30.3 Å². The maximum atomic E-state index is 12.5. The molecular weight excluding hydrogens is 376 g/mol. The third-order valence-electron chi connectivity index (χ3n) is 4.82. The zero-order valence-electron chi connectivity index (χ0n) is 18.7. The molecule has 0 heterocycles. The van der Waals surface area contributed by atoms with E-state index in [-0.39, 0.29) is 17.2 Å². The zero-order chi connectivity index (χ0) is 22.1. The molecular formula is C25H34N2O3. The van der Waals surface area contributed by atoms with Crippen molar-refractivity contribution in [1.29, 1.82) is 0 Å². The van der Waals surface area contributed by atoms with E-state index < -0.39 is 6.10 Å². The summed E-state index contributed by atoms with van der Waals surface area (Å²) in [4.78, 5) is 24.5. The van der Waals surface area contributed by atoms with Gasteiger partial charge in [-0.25, -0.2) is 0 Å². The molecule has 2 aromatic rings. The number of anilines is 2. The summed E-state index contributed by atoms with van der Waals surface area (Å²) in [7, 11) is 0. The maximum Gasteiger partial charge on any atom is 0.265 e. The number of hydrogen-bond acceptors (Lipinski definition) is 3. The average molecular weight is 411 g/mol. The number of rotatable bonds is 9. The first-order valence-corrected chi connectivity index (χ1v) is 10.7. The maximum absolute atomic E-state index is 12.5. The van der Waals surface area contributed by atoms with Gasteiger partial charge < -0.3 is 15.4 Å². The summed E-state index contributed by atoms with van der Waals surface area (Å²) in [6, 6.07) is 15.0. The summed E-state index contributed by atoms with van der Waals surface area (Å²) in [5, 5.41) is 5.73. The summed E-state index contributed by atoms with van der Waals surface area (Å²) >= 11 is 0. The minimum Gasteiger partial charge on any atom is -0.481 e. The Morgan fingerprint density at radius 2 is 1.60 bits per heavy atom. The Hall–Kier alpha value is -2.82. The second-order valence-corrected chi connectivity index (χ2v) is 8.61. The fraction of sp³-hybridized carbons (Fsp3) is 0.440. The van der Waals surface area contributed by atoms with Crippen LogP contribution in [0.1, 0.15) is 65.9 Å². The van der Waals surface area contributed by atoms with Crippen molar-refractivity contribution in [2.45, 2.75) is 71.8 Å². The number of carbonyl (C=O) groups excluding carboxylic acids is 2. The van der Waals surface area contributed by atoms with Gasteiger partial charge in [-0.3, -0.25) is 9.59 Å². The minimum atomic E-state index is -0.655. The lowest BCUT2D eigenvalue weighted by Crippen LogP contribution is -2.30.